The molecule has 0 aliphatic carbocycles. The standard InChI is InChI=1S/C31H30F3N3O5/c1-20-27(17-22-18-28(39-2)29(19-26(22)35-20)41-15-12-37-10-13-40-14-11-37)42-25-8-6-24(7-9-25)36-30(38)21-4-3-5-23(16-21)31(32,33)34/h3-9,16-19H,10-15H2,1-2H3,(H,36,38). The summed E-state index contributed by atoms with van der Waals surface area (Å²) in [7, 11) is 1.59. The number of morpholine rings is 1. The van der Waals surface area contributed by atoms with Crippen molar-refractivity contribution in [3.8, 4) is 23.0 Å². The normalized spacial score (nSPS) is 14.0. The summed E-state index contributed by atoms with van der Waals surface area (Å²) in [5, 5.41) is 3.41. The van der Waals surface area contributed by atoms with Crippen LogP contribution in [-0.4, -0.2) is 62.4 Å². The smallest absolute Gasteiger partial charge is 0.416 e. The monoisotopic (exact) mass is 581 g/mol. The van der Waals surface area contributed by atoms with Gasteiger partial charge in [0.2, 0.25) is 0 Å². The van der Waals surface area contributed by atoms with Crippen LogP contribution in [0.4, 0.5) is 18.9 Å². The number of halogens is 3. The van der Waals surface area contributed by atoms with Gasteiger partial charge >= 0.3 is 6.18 Å². The molecule has 1 fully saturated rings. The number of anilines is 1. The number of pyridine rings is 1. The topological polar surface area (TPSA) is 82.2 Å². The van der Waals surface area contributed by atoms with E-state index in [1.165, 1.54) is 12.1 Å². The van der Waals surface area contributed by atoms with Crippen LogP contribution in [0.15, 0.2) is 66.7 Å². The van der Waals surface area contributed by atoms with Crippen molar-refractivity contribution >= 4 is 22.5 Å². The van der Waals surface area contributed by atoms with Gasteiger partial charge in [-0.2, -0.15) is 13.2 Å². The van der Waals surface area contributed by atoms with E-state index in [2.05, 4.69) is 10.2 Å². The number of rotatable bonds is 9. The molecule has 0 radical (unpaired) electrons. The number of carbonyl (C=O) groups is 1. The Morgan fingerprint density at radius 3 is 2.45 bits per heavy atom. The summed E-state index contributed by atoms with van der Waals surface area (Å²) in [5.74, 6) is 1.57. The number of fused-ring (bicyclic) bond motifs is 1. The molecule has 1 saturated heterocycles. The number of nitrogens with one attached hydrogen (secondary N) is 1. The molecule has 1 amide bonds. The molecule has 1 aromatic heterocycles. The highest BCUT2D eigenvalue weighted by Crippen LogP contribution is 2.35. The van der Waals surface area contributed by atoms with Gasteiger partial charge in [0, 0.05) is 42.3 Å². The molecule has 1 N–H and O–H groups in total. The van der Waals surface area contributed by atoms with Crippen molar-refractivity contribution in [3.63, 3.8) is 0 Å². The molecule has 42 heavy (non-hydrogen) atoms. The van der Waals surface area contributed by atoms with Crippen LogP contribution >= 0.6 is 0 Å². The van der Waals surface area contributed by atoms with Gasteiger partial charge in [-0.15, -0.1) is 0 Å². The molecular weight excluding hydrogens is 551 g/mol. The molecule has 0 saturated carbocycles. The van der Waals surface area contributed by atoms with E-state index in [4.69, 9.17) is 23.9 Å². The molecule has 1 aliphatic rings. The van der Waals surface area contributed by atoms with Crippen molar-refractivity contribution in [1.29, 1.82) is 0 Å². The van der Waals surface area contributed by atoms with Gasteiger partial charge in [0.15, 0.2) is 11.5 Å². The van der Waals surface area contributed by atoms with Crippen molar-refractivity contribution in [1.82, 2.24) is 9.88 Å². The summed E-state index contributed by atoms with van der Waals surface area (Å²) in [4.78, 5) is 19.5. The van der Waals surface area contributed by atoms with Crippen molar-refractivity contribution < 1.29 is 36.9 Å². The zero-order chi connectivity index (χ0) is 29.7. The fraction of sp³-hybridized carbons (Fsp3) is 0.290. The Balaban J connectivity index is 1.25. The number of ether oxygens (including phenoxy) is 4. The Morgan fingerprint density at radius 2 is 1.74 bits per heavy atom. The number of hydrogen-bond donors (Lipinski definition) is 1. The van der Waals surface area contributed by atoms with Gasteiger partial charge in [-0.1, -0.05) is 6.07 Å². The molecule has 11 heteroatoms. The highest BCUT2D eigenvalue weighted by molar-refractivity contribution is 6.04. The highest BCUT2D eigenvalue weighted by Gasteiger charge is 2.31. The molecule has 0 spiro atoms. The third-order valence-electron chi connectivity index (χ3n) is 6.81. The zero-order valence-electron chi connectivity index (χ0n) is 23.2. The number of amides is 1. The predicted molar refractivity (Wildman–Crippen MR) is 152 cm³/mol. The first-order valence-corrected chi connectivity index (χ1v) is 13.4. The molecule has 2 heterocycles. The summed E-state index contributed by atoms with van der Waals surface area (Å²) in [6, 6.07) is 16.3. The number of methoxy groups -OCH3 is 1. The highest BCUT2D eigenvalue weighted by atomic mass is 19.4. The first-order valence-electron chi connectivity index (χ1n) is 13.4. The molecule has 0 bridgehead atoms. The van der Waals surface area contributed by atoms with Crippen LogP contribution < -0.4 is 19.5 Å². The quantitative estimate of drug-likeness (QED) is 0.248. The minimum Gasteiger partial charge on any atom is -0.493 e. The minimum atomic E-state index is -4.53. The molecular formula is C31H30F3N3O5. The van der Waals surface area contributed by atoms with Gasteiger partial charge in [0.1, 0.15) is 18.1 Å². The maximum atomic E-state index is 13.0. The van der Waals surface area contributed by atoms with E-state index in [-0.39, 0.29) is 5.56 Å². The Hall–Kier alpha value is -4.35. The van der Waals surface area contributed by atoms with Crippen LogP contribution in [0, 0.1) is 6.92 Å². The van der Waals surface area contributed by atoms with E-state index in [1.807, 2.05) is 25.1 Å². The predicted octanol–water partition coefficient (Wildman–Crippen LogP) is 6.33. The molecule has 0 atom stereocenters. The van der Waals surface area contributed by atoms with Crippen LogP contribution in [-0.2, 0) is 10.9 Å². The fourth-order valence-corrected chi connectivity index (χ4v) is 4.52. The summed E-state index contributed by atoms with van der Waals surface area (Å²) < 4.78 is 62.0. The van der Waals surface area contributed by atoms with Crippen LogP contribution in [0.5, 0.6) is 23.0 Å². The second kappa shape index (κ2) is 12.7. The number of nitrogens with zero attached hydrogens (tertiary/aromatic N) is 2. The Kier molecular flexibility index (Phi) is 8.79. The number of aryl methyl sites for hydroxylation is 1. The Bertz CT molecular complexity index is 1550. The molecule has 220 valence electrons. The third kappa shape index (κ3) is 7.10. The van der Waals surface area contributed by atoms with E-state index in [0.717, 1.165) is 55.9 Å². The Morgan fingerprint density at radius 1 is 1.00 bits per heavy atom. The summed E-state index contributed by atoms with van der Waals surface area (Å²) >= 11 is 0. The van der Waals surface area contributed by atoms with E-state index < -0.39 is 17.6 Å². The lowest BCUT2D eigenvalue weighted by Gasteiger charge is -2.26. The van der Waals surface area contributed by atoms with Crippen LogP contribution in [0.1, 0.15) is 21.6 Å². The van der Waals surface area contributed by atoms with Crippen LogP contribution in [0.3, 0.4) is 0 Å². The fourth-order valence-electron chi connectivity index (χ4n) is 4.52. The van der Waals surface area contributed by atoms with Crippen molar-refractivity contribution in [2.24, 2.45) is 0 Å². The van der Waals surface area contributed by atoms with Gasteiger partial charge in [0.05, 0.1) is 37.1 Å². The number of alkyl halides is 3. The lowest BCUT2D eigenvalue weighted by Crippen LogP contribution is -2.38. The average molecular weight is 582 g/mol. The Labute approximate surface area is 241 Å². The molecule has 8 nitrogen and oxygen atoms in total. The maximum Gasteiger partial charge on any atom is 0.416 e. The second-order valence-electron chi connectivity index (χ2n) is 9.73. The van der Waals surface area contributed by atoms with Crippen molar-refractivity contribution in [3.05, 3.63) is 83.6 Å². The van der Waals surface area contributed by atoms with E-state index in [0.29, 0.717) is 41.0 Å². The summed E-state index contributed by atoms with van der Waals surface area (Å²) in [6.07, 6.45) is -4.53. The molecule has 5 rings (SSSR count). The van der Waals surface area contributed by atoms with E-state index in [1.54, 1.807) is 31.4 Å². The zero-order valence-corrected chi connectivity index (χ0v) is 23.2. The molecule has 4 aromatic rings. The minimum absolute atomic E-state index is 0.0934. The van der Waals surface area contributed by atoms with Gasteiger partial charge in [-0.3, -0.25) is 9.69 Å². The largest absolute Gasteiger partial charge is 0.493 e. The third-order valence-corrected chi connectivity index (χ3v) is 6.81. The summed E-state index contributed by atoms with van der Waals surface area (Å²) in [6.45, 7) is 6.38. The van der Waals surface area contributed by atoms with Gasteiger partial charge in [-0.25, -0.2) is 4.98 Å². The average Bonchev–Trinajstić information content (AvgIpc) is 2.98. The lowest BCUT2D eigenvalue weighted by atomic mass is 10.1. The van der Waals surface area contributed by atoms with E-state index in [9.17, 15) is 18.0 Å². The van der Waals surface area contributed by atoms with E-state index >= 15 is 0 Å². The molecule has 3 aromatic carbocycles. The number of hydrogen-bond acceptors (Lipinski definition) is 7. The second-order valence-corrected chi connectivity index (χ2v) is 9.73. The molecule has 1 aliphatic heterocycles. The van der Waals surface area contributed by atoms with Gasteiger partial charge in [-0.05, 0) is 61.5 Å². The van der Waals surface area contributed by atoms with Gasteiger partial charge < -0.3 is 24.3 Å². The van der Waals surface area contributed by atoms with Crippen LogP contribution in [0.25, 0.3) is 10.9 Å². The number of aromatic nitrogens is 1. The molecule has 0 unspecified atom stereocenters. The SMILES string of the molecule is COc1cc2cc(Oc3ccc(NC(=O)c4cccc(C(F)(F)F)c4)cc3)c(C)nc2cc1OCCN1CCOCC1. The van der Waals surface area contributed by atoms with Crippen molar-refractivity contribution in [2.45, 2.75) is 13.1 Å². The number of benzene rings is 3. The van der Waals surface area contributed by atoms with Crippen molar-refractivity contribution in [2.75, 3.05) is 51.9 Å². The van der Waals surface area contributed by atoms with Gasteiger partial charge in [0.25, 0.3) is 5.91 Å². The van der Waals surface area contributed by atoms with Crippen LogP contribution in [0.2, 0.25) is 0 Å². The summed E-state index contributed by atoms with van der Waals surface area (Å²) in [5.41, 5.74) is 0.819. The maximum absolute atomic E-state index is 13.0. The number of carbonyl (C=O) groups excluding carboxylic acids is 1. The lowest BCUT2D eigenvalue weighted by molar-refractivity contribution is -0.137. The first-order chi connectivity index (χ1) is 20.2. The first kappa shape index (κ1) is 29.2.